The van der Waals surface area contributed by atoms with E-state index in [4.69, 9.17) is 4.74 Å². The highest BCUT2D eigenvalue weighted by molar-refractivity contribution is 5.96. The molecule has 0 unspecified atom stereocenters. The predicted octanol–water partition coefficient (Wildman–Crippen LogP) is 1.41. The SMILES string of the molecule is CC(C)NCC(=O)N1CCOc2ccccc21. The molecule has 2 rings (SSSR count). The van der Waals surface area contributed by atoms with E-state index in [1.54, 1.807) is 4.90 Å². The van der Waals surface area contributed by atoms with Crippen molar-refractivity contribution in [1.29, 1.82) is 0 Å². The first-order valence-corrected chi connectivity index (χ1v) is 5.94. The second-order valence-corrected chi connectivity index (χ2v) is 4.40. The summed E-state index contributed by atoms with van der Waals surface area (Å²) in [4.78, 5) is 13.9. The van der Waals surface area contributed by atoms with Crippen molar-refractivity contribution in [3.63, 3.8) is 0 Å². The number of amides is 1. The average molecular weight is 234 g/mol. The molecule has 1 aliphatic heterocycles. The summed E-state index contributed by atoms with van der Waals surface area (Å²) < 4.78 is 5.52. The summed E-state index contributed by atoms with van der Waals surface area (Å²) in [6.07, 6.45) is 0. The third kappa shape index (κ3) is 2.77. The molecule has 92 valence electrons. The molecule has 1 amide bonds. The number of para-hydroxylation sites is 2. The zero-order valence-electron chi connectivity index (χ0n) is 10.3. The van der Waals surface area contributed by atoms with Crippen LogP contribution in [0, 0.1) is 0 Å². The molecule has 4 nitrogen and oxygen atoms in total. The lowest BCUT2D eigenvalue weighted by molar-refractivity contribution is -0.118. The third-order valence-corrected chi connectivity index (χ3v) is 2.69. The van der Waals surface area contributed by atoms with Crippen molar-refractivity contribution in [1.82, 2.24) is 5.32 Å². The lowest BCUT2D eigenvalue weighted by atomic mass is 10.2. The van der Waals surface area contributed by atoms with E-state index in [0.717, 1.165) is 11.4 Å². The summed E-state index contributed by atoms with van der Waals surface area (Å²) in [5, 5.41) is 3.14. The van der Waals surface area contributed by atoms with Gasteiger partial charge in [0.25, 0.3) is 0 Å². The minimum absolute atomic E-state index is 0.0921. The monoisotopic (exact) mass is 234 g/mol. The van der Waals surface area contributed by atoms with Gasteiger partial charge in [0.15, 0.2) is 0 Å². The van der Waals surface area contributed by atoms with E-state index >= 15 is 0 Å². The van der Waals surface area contributed by atoms with Crippen LogP contribution in [0.5, 0.6) is 5.75 Å². The minimum atomic E-state index is 0.0921. The smallest absolute Gasteiger partial charge is 0.241 e. The molecule has 4 heteroatoms. The maximum Gasteiger partial charge on any atom is 0.241 e. The summed E-state index contributed by atoms with van der Waals surface area (Å²) in [5.41, 5.74) is 0.870. The molecule has 0 bridgehead atoms. The number of rotatable bonds is 3. The second kappa shape index (κ2) is 5.19. The van der Waals surface area contributed by atoms with E-state index in [-0.39, 0.29) is 5.91 Å². The molecular weight excluding hydrogens is 216 g/mol. The van der Waals surface area contributed by atoms with Gasteiger partial charge >= 0.3 is 0 Å². The van der Waals surface area contributed by atoms with Crippen molar-refractivity contribution in [3.8, 4) is 5.75 Å². The van der Waals surface area contributed by atoms with Crippen LogP contribution >= 0.6 is 0 Å². The van der Waals surface area contributed by atoms with Crippen LogP contribution in [0.25, 0.3) is 0 Å². The second-order valence-electron chi connectivity index (χ2n) is 4.40. The quantitative estimate of drug-likeness (QED) is 0.859. The fraction of sp³-hybridized carbons (Fsp3) is 0.462. The van der Waals surface area contributed by atoms with E-state index in [1.807, 2.05) is 38.1 Å². The van der Waals surface area contributed by atoms with Gasteiger partial charge in [0.1, 0.15) is 12.4 Å². The van der Waals surface area contributed by atoms with Gasteiger partial charge in [0.2, 0.25) is 5.91 Å². The Morgan fingerprint density at radius 3 is 3.00 bits per heavy atom. The van der Waals surface area contributed by atoms with E-state index in [0.29, 0.717) is 25.7 Å². The molecule has 1 heterocycles. The van der Waals surface area contributed by atoms with Crippen LogP contribution < -0.4 is 15.0 Å². The molecule has 0 saturated heterocycles. The van der Waals surface area contributed by atoms with E-state index in [9.17, 15) is 4.79 Å². The van der Waals surface area contributed by atoms with Crippen molar-refractivity contribution in [2.75, 3.05) is 24.6 Å². The number of carbonyl (C=O) groups is 1. The molecule has 0 radical (unpaired) electrons. The van der Waals surface area contributed by atoms with Gasteiger partial charge in [-0.25, -0.2) is 0 Å². The van der Waals surface area contributed by atoms with Gasteiger partial charge in [0, 0.05) is 6.04 Å². The molecule has 1 aromatic carbocycles. The molecule has 0 aromatic heterocycles. The Kier molecular flexibility index (Phi) is 3.64. The van der Waals surface area contributed by atoms with Crippen LogP contribution in [0.15, 0.2) is 24.3 Å². The van der Waals surface area contributed by atoms with Crippen LogP contribution in [0.3, 0.4) is 0 Å². The van der Waals surface area contributed by atoms with Crippen molar-refractivity contribution >= 4 is 11.6 Å². The third-order valence-electron chi connectivity index (χ3n) is 2.69. The Morgan fingerprint density at radius 1 is 1.47 bits per heavy atom. The highest BCUT2D eigenvalue weighted by Crippen LogP contribution is 2.30. The molecular formula is C13H18N2O2. The van der Waals surface area contributed by atoms with Crippen molar-refractivity contribution in [2.45, 2.75) is 19.9 Å². The van der Waals surface area contributed by atoms with Crippen molar-refractivity contribution in [3.05, 3.63) is 24.3 Å². The first-order chi connectivity index (χ1) is 8.18. The summed E-state index contributed by atoms with van der Waals surface area (Å²) in [6.45, 7) is 5.60. The minimum Gasteiger partial charge on any atom is -0.490 e. The molecule has 0 fully saturated rings. The molecule has 0 aliphatic carbocycles. The van der Waals surface area contributed by atoms with Gasteiger partial charge in [-0.3, -0.25) is 4.79 Å². The Bertz CT molecular complexity index is 404. The van der Waals surface area contributed by atoms with Crippen LogP contribution in [0.4, 0.5) is 5.69 Å². The van der Waals surface area contributed by atoms with E-state index in [1.165, 1.54) is 0 Å². The molecule has 1 aliphatic rings. The Morgan fingerprint density at radius 2 is 2.24 bits per heavy atom. The molecule has 17 heavy (non-hydrogen) atoms. The standard InChI is InChI=1S/C13H18N2O2/c1-10(2)14-9-13(16)15-7-8-17-12-6-4-3-5-11(12)15/h3-6,10,14H,7-9H2,1-2H3. The zero-order chi connectivity index (χ0) is 12.3. The average Bonchev–Trinajstić information content (AvgIpc) is 2.35. The van der Waals surface area contributed by atoms with E-state index < -0.39 is 0 Å². The summed E-state index contributed by atoms with van der Waals surface area (Å²) in [5.74, 6) is 0.881. The van der Waals surface area contributed by atoms with Gasteiger partial charge in [-0.05, 0) is 12.1 Å². The Labute approximate surface area is 102 Å². The maximum atomic E-state index is 12.1. The molecule has 1 aromatic rings. The first kappa shape index (κ1) is 11.9. The maximum absolute atomic E-state index is 12.1. The summed E-state index contributed by atoms with van der Waals surface area (Å²) in [7, 11) is 0. The summed E-state index contributed by atoms with van der Waals surface area (Å²) >= 11 is 0. The van der Waals surface area contributed by atoms with Gasteiger partial charge in [-0.1, -0.05) is 26.0 Å². The van der Waals surface area contributed by atoms with Crippen molar-refractivity contribution < 1.29 is 9.53 Å². The molecule has 0 saturated carbocycles. The molecule has 0 spiro atoms. The lowest BCUT2D eigenvalue weighted by Crippen LogP contribution is -2.44. The number of anilines is 1. The fourth-order valence-electron chi connectivity index (χ4n) is 1.82. The van der Waals surface area contributed by atoms with Crippen LogP contribution in [0.1, 0.15) is 13.8 Å². The van der Waals surface area contributed by atoms with Gasteiger partial charge in [-0.2, -0.15) is 0 Å². The fourth-order valence-corrected chi connectivity index (χ4v) is 1.82. The highest BCUT2D eigenvalue weighted by atomic mass is 16.5. The Balaban J connectivity index is 2.10. The number of nitrogens with zero attached hydrogens (tertiary/aromatic N) is 1. The van der Waals surface area contributed by atoms with Gasteiger partial charge in [-0.15, -0.1) is 0 Å². The topological polar surface area (TPSA) is 41.6 Å². The van der Waals surface area contributed by atoms with Crippen molar-refractivity contribution in [2.24, 2.45) is 0 Å². The predicted molar refractivity (Wildman–Crippen MR) is 67.4 cm³/mol. The first-order valence-electron chi connectivity index (χ1n) is 5.94. The van der Waals surface area contributed by atoms with Crippen LogP contribution in [-0.4, -0.2) is 31.6 Å². The highest BCUT2D eigenvalue weighted by Gasteiger charge is 2.22. The molecule has 0 atom stereocenters. The van der Waals surface area contributed by atoms with Crippen LogP contribution in [-0.2, 0) is 4.79 Å². The largest absolute Gasteiger partial charge is 0.490 e. The lowest BCUT2D eigenvalue weighted by Gasteiger charge is -2.29. The molecule has 1 N–H and O–H groups in total. The number of nitrogens with one attached hydrogen (secondary N) is 1. The van der Waals surface area contributed by atoms with Crippen LogP contribution in [0.2, 0.25) is 0 Å². The van der Waals surface area contributed by atoms with E-state index in [2.05, 4.69) is 5.32 Å². The summed E-state index contributed by atoms with van der Waals surface area (Å²) in [6, 6.07) is 7.96. The zero-order valence-corrected chi connectivity index (χ0v) is 10.3. The number of hydrogen-bond donors (Lipinski definition) is 1. The number of benzene rings is 1. The number of fused-ring (bicyclic) bond motifs is 1. The Hall–Kier alpha value is -1.55. The number of ether oxygens (including phenoxy) is 1. The number of carbonyl (C=O) groups excluding carboxylic acids is 1. The van der Waals surface area contributed by atoms with Gasteiger partial charge in [0.05, 0.1) is 18.8 Å². The van der Waals surface area contributed by atoms with Gasteiger partial charge < -0.3 is 15.0 Å². The normalized spacial score (nSPS) is 14.4. The number of hydrogen-bond acceptors (Lipinski definition) is 3.